The van der Waals surface area contributed by atoms with Crippen LogP contribution in [0, 0.1) is 18.8 Å². The van der Waals surface area contributed by atoms with Crippen molar-refractivity contribution >= 4 is 5.78 Å². The van der Waals surface area contributed by atoms with Gasteiger partial charge in [-0.2, -0.15) is 0 Å². The second-order valence-electron chi connectivity index (χ2n) is 12.8. The quantitative estimate of drug-likeness (QED) is 0.183. The number of Topliss-reactive ketones (excluding diaryl/α,β-unsaturated/α-hetero) is 1. The maximum absolute atomic E-state index is 13.9. The highest BCUT2D eigenvalue weighted by Gasteiger charge is 2.43. The van der Waals surface area contributed by atoms with Crippen molar-refractivity contribution < 1.29 is 4.79 Å². The molecule has 216 valence electrons. The number of nitrogens with zero attached hydrogens (tertiary/aromatic N) is 1. The van der Waals surface area contributed by atoms with E-state index in [4.69, 9.17) is 0 Å². The van der Waals surface area contributed by atoms with Gasteiger partial charge in [-0.05, 0) is 116 Å². The number of benzene rings is 3. The number of fused-ring (bicyclic) bond motifs is 3. The molecule has 1 saturated carbocycles. The highest BCUT2D eigenvalue weighted by molar-refractivity contribution is 6.08. The van der Waals surface area contributed by atoms with Crippen molar-refractivity contribution in [1.82, 2.24) is 9.78 Å². The van der Waals surface area contributed by atoms with E-state index in [0.29, 0.717) is 46.9 Å². The first kappa shape index (κ1) is 28.2. The molecule has 4 unspecified atom stereocenters. The van der Waals surface area contributed by atoms with Gasteiger partial charge in [0.25, 0.3) is 5.56 Å². The van der Waals surface area contributed by atoms with Crippen LogP contribution in [0.15, 0.2) is 88.7 Å². The molecule has 0 radical (unpaired) electrons. The summed E-state index contributed by atoms with van der Waals surface area (Å²) >= 11 is 0. The van der Waals surface area contributed by atoms with Gasteiger partial charge >= 0.3 is 0 Å². The molecule has 2 aliphatic carbocycles. The monoisotopic (exact) mass is 558 g/mol. The second kappa shape index (κ2) is 11.4. The summed E-state index contributed by atoms with van der Waals surface area (Å²) in [5.41, 5.74) is 9.99. The largest absolute Gasteiger partial charge is 0.287 e. The number of carbonyl (C=O) groups excluding carboxylic acids is 1. The van der Waals surface area contributed by atoms with Crippen LogP contribution < -0.4 is 5.56 Å². The van der Waals surface area contributed by atoms with E-state index in [0.717, 1.165) is 23.2 Å². The summed E-state index contributed by atoms with van der Waals surface area (Å²) < 4.78 is 1.52. The molecule has 42 heavy (non-hydrogen) atoms. The standard InChI is InChI=1S/C38H42N2O2/c1-23(2)25(4)37(41)36-34(38(42)40(39-36)29-15-10-7-11-16-29)22-28-19-24(3)35-26(5)32(20-27-13-8-6-9-14-27)30-17-12-18-31(30)33(35)21-28/h6-11,13-16,19,21,26,30-32,39H,12,17-18,20,22H2,1-5H3. The molecule has 0 aliphatic heterocycles. The highest BCUT2D eigenvalue weighted by Crippen LogP contribution is 2.55. The molecule has 6 rings (SSSR count). The van der Waals surface area contributed by atoms with E-state index in [-0.39, 0.29) is 11.3 Å². The van der Waals surface area contributed by atoms with Crippen molar-refractivity contribution in [2.75, 3.05) is 0 Å². The van der Waals surface area contributed by atoms with Gasteiger partial charge in [-0.3, -0.25) is 14.7 Å². The molecule has 2 aliphatic rings. The van der Waals surface area contributed by atoms with Gasteiger partial charge in [-0.15, -0.1) is 0 Å². The fraction of sp³-hybridized carbons (Fsp3) is 0.368. The molecule has 0 spiro atoms. The van der Waals surface area contributed by atoms with Crippen LogP contribution in [0.5, 0.6) is 0 Å². The average molecular weight is 559 g/mol. The maximum Gasteiger partial charge on any atom is 0.275 e. The van der Waals surface area contributed by atoms with Crippen molar-refractivity contribution in [3.05, 3.63) is 133 Å². The number of nitrogens with one attached hydrogen (secondary N) is 1. The average Bonchev–Trinajstić information content (AvgIpc) is 3.60. The van der Waals surface area contributed by atoms with Gasteiger partial charge < -0.3 is 0 Å². The molecular formula is C38H42N2O2. The summed E-state index contributed by atoms with van der Waals surface area (Å²) in [6, 6.07) is 25.1. The zero-order valence-electron chi connectivity index (χ0n) is 25.5. The van der Waals surface area contributed by atoms with E-state index in [9.17, 15) is 9.59 Å². The Kier molecular flexibility index (Phi) is 7.66. The molecule has 0 amide bonds. The van der Waals surface area contributed by atoms with Crippen molar-refractivity contribution in [2.45, 2.75) is 78.6 Å². The number of ketones is 1. The number of hydrogen-bond acceptors (Lipinski definition) is 2. The molecule has 4 heteroatoms. The Morgan fingerprint density at radius 2 is 1.62 bits per heavy atom. The first-order valence-electron chi connectivity index (χ1n) is 15.5. The van der Waals surface area contributed by atoms with Crippen LogP contribution in [0.25, 0.3) is 5.69 Å². The van der Waals surface area contributed by atoms with Crippen molar-refractivity contribution in [3.63, 3.8) is 0 Å². The molecule has 4 atom stereocenters. The van der Waals surface area contributed by atoms with Crippen molar-refractivity contribution in [2.24, 2.45) is 11.8 Å². The minimum Gasteiger partial charge on any atom is -0.287 e. The van der Waals surface area contributed by atoms with Gasteiger partial charge in [0.05, 0.1) is 11.3 Å². The van der Waals surface area contributed by atoms with Crippen molar-refractivity contribution in [3.8, 4) is 5.69 Å². The third-order valence-corrected chi connectivity index (χ3v) is 10.1. The van der Waals surface area contributed by atoms with E-state index in [1.807, 2.05) is 51.1 Å². The lowest BCUT2D eigenvalue weighted by Crippen LogP contribution is -2.31. The first-order chi connectivity index (χ1) is 20.2. The summed E-state index contributed by atoms with van der Waals surface area (Å²) in [4.78, 5) is 27.5. The van der Waals surface area contributed by atoms with Gasteiger partial charge in [0.15, 0.2) is 0 Å². The van der Waals surface area contributed by atoms with E-state index in [1.54, 1.807) is 0 Å². The first-order valence-corrected chi connectivity index (χ1v) is 15.5. The van der Waals surface area contributed by atoms with Crippen LogP contribution >= 0.6 is 0 Å². The van der Waals surface area contributed by atoms with Gasteiger partial charge in [0, 0.05) is 6.42 Å². The van der Waals surface area contributed by atoms with Gasteiger partial charge in [0.1, 0.15) is 5.69 Å². The molecule has 1 heterocycles. The maximum atomic E-state index is 13.9. The summed E-state index contributed by atoms with van der Waals surface area (Å²) in [6.07, 6.45) is 5.35. The second-order valence-corrected chi connectivity index (χ2v) is 12.8. The lowest BCUT2D eigenvalue weighted by atomic mass is 9.62. The fourth-order valence-corrected chi connectivity index (χ4v) is 7.82. The number of allylic oxidation sites excluding steroid dienone is 2. The van der Waals surface area contributed by atoms with Crippen molar-refractivity contribution in [1.29, 1.82) is 0 Å². The van der Waals surface area contributed by atoms with Gasteiger partial charge in [0.2, 0.25) is 5.78 Å². The predicted octanol–water partition coefficient (Wildman–Crippen LogP) is 8.46. The third-order valence-electron chi connectivity index (χ3n) is 10.1. The Balaban J connectivity index is 1.41. The minimum atomic E-state index is -0.156. The number of aromatic nitrogens is 2. The number of aromatic amines is 1. The van der Waals surface area contributed by atoms with Crippen LogP contribution in [0.1, 0.15) is 103 Å². The molecule has 1 N–H and O–H groups in total. The fourth-order valence-electron chi connectivity index (χ4n) is 7.82. The van der Waals surface area contributed by atoms with Crippen LogP contribution in [0.2, 0.25) is 0 Å². The lowest BCUT2D eigenvalue weighted by molar-refractivity contribution is 0.102. The number of rotatable bonds is 7. The Morgan fingerprint density at radius 1 is 0.929 bits per heavy atom. The zero-order valence-corrected chi connectivity index (χ0v) is 25.5. The van der Waals surface area contributed by atoms with Gasteiger partial charge in [-0.25, -0.2) is 4.68 Å². The summed E-state index contributed by atoms with van der Waals surface area (Å²) in [6.45, 7) is 10.4. The number of H-pyrrole nitrogens is 1. The molecular weight excluding hydrogens is 516 g/mol. The molecule has 4 nitrogen and oxygen atoms in total. The number of hydrogen-bond donors (Lipinski definition) is 1. The summed E-state index contributed by atoms with van der Waals surface area (Å²) in [7, 11) is 0. The van der Waals surface area contributed by atoms with Crippen LogP contribution in [0.4, 0.5) is 0 Å². The highest BCUT2D eigenvalue weighted by atomic mass is 16.1. The summed E-state index contributed by atoms with van der Waals surface area (Å²) in [5.74, 6) is 2.25. The third kappa shape index (κ3) is 5.02. The van der Waals surface area contributed by atoms with Crippen LogP contribution in [0.3, 0.4) is 0 Å². The Morgan fingerprint density at radius 3 is 2.31 bits per heavy atom. The molecule has 4 aromatic rings. The number of aryl methyl sites for hydroxylation is 1. The number of para-hydroxylation sites is 1. The molecule has 3 aromatic carbocycles. The Labute approximate surface area is 249 Å². The normalized spacial score (nSPS) is 21.1. The van der Waals surface area contributed by atoms with E-state index in [2.05, 4.69) is 61.4 Å². The smallest absolute Gasteiger partial charge is 0.275 e. The zero-order chi connectivity index (χ0) is 29.5. The molecule has 1 fully saturated rings. The lowest BCUT2D eigenvalue weighted by Gasteiger charge is -2.42. The topological polar surface area (TPSA) is 54.9 Å². The summed E-state index contributed by atoms with van der Waals surface area (Å²) in [5, 5.41) is 3.19. The SMILES string of the molecule is CC(C)=C(C)C(=O)c1[nH]n(-c2ccccc2)c(=O)c1Cc1cc(C)c2c(c1)C1CCCC1C(Cc1ccccc1)C2C. The van der Waals surface area contributed by atoms with Crippen LogP contribution in [-0.4, -0.2) is 15.6 Å². The Hall–Kier alpha value is -3.92. The van der Waals surface area contributed by atoms with Crippen LogP contribution in [-0.2, 0) is 12.8 Å². The van der Waals surface area contributed by atoms with E-state index in [1.165, 1.54) is 46.2 Å². The van der Waals surface area contributed by atoms with E-state index >= 15 is 0 Å². The molecule has 0 bridgehead atoms. The minimum absolute atomic E-state index is 0.111. The van der Waals surface area contributed by atoms with Gasteiger partial charge in [-0.1, -0.05) is 79.6 Å². The number of carbonyl (C=O) groups is 1. The molecule has 0 saturated heterocycles. The molecule has 1 aromatic heterocycles. The predicted molar refractivity (Wildman–Crippen MR) is 171 cm³/mol. The van der Waals surface area contributed by atoms with E-state index < -0.39 is 0 Å². The Bertz CT molecular complexity index is 1700.